The van der Waals surface area contributed by atoms with Crippen LogP contribution in [-0.4, -0.2) is 62.3 Å². The predicted octanol–water partition coefficient (Wildman–Crippen LogP) is 4.29. The number of hydrogen-bond acceptors (Lipinski definition) is 6. The number of anilines is 1. The molecule has 2 aromatic rings. The summed E-state index contributed by atoms with van der Waals surface area (Å²) in [6, 6.07) is 4.63. The molecule has 0 unspecified atom stereocenters. The Morgan fingerprint density at radius 1 is 1.13 bits per heavy atom. The molecule has 11 heteroatoms. The SMILES string of the molecule is COCCCNC(=O)c1csc(CN(CCCOC)C(=O)Nc2c(Cl)cccc2Cl)n1. The van der Waals surface area contributed by atoms with E-state index in [-0.39, 0.29) is 18.5 Å². The summed E-state index contributed by atoms with van der Waals surface area (Å²) in [5.41, 5.74) is 0.673. The lowest BCUT2D eigenvalue weighted by atomic mass is 10.3. The van der Waals surface area contributed by atoms with Crippen LogP contribution in [-0.2, 0) is 16.0 Å². The van der Waals surface area contributed by atoms with Crippen molar-refractivity contribution in [2.75, 3.05) is 45.8 Å². The van der Waals surface area contributed by atoms with Gasteiger partial charge in [-0.25, -0.2) is 9.78 Å². The molecule has 0 aliphatic rings. The van der Waals surface area contributed by atoms with Gasteiger partial charge in [0.1, 0.15) is 10.7 Å². The summed E-state index contributed by atoms with van der Waals surface area (Å²) < 4.78 is 10.1. The third-order valence-corrected chi connectivity index (χ3v) is 5.64. The van der Waals surface area contributed by atoms with Gasteiger partial charge < -0.3 is 25.0 Å². The minimum atomic E-state index is -0.369. The third-order valence-electron chi connectivity index (χ3n) is 4.18. The molecule has 8 nitrogen and oxygen atoms in total. The van der Waals surface area contributed by atoms with E-state index in [4.69, 9.17) is 32.7 Å². The van der Waals surface area contributed by atoms with Crippen molar-refractivity contribution in [3.05, 3.63) is 44.3 Å². The Kier molecular flexibility index (Phi) is 11.0. The number of amides is 3. The standard InChI is InChI=1S/C20H26Cl2N4O4S/c1-29-10-4-8-23-19(27)16-13-31-17(24-16)12-26(9-5-11-30-2)20(28)25-18-14(21)6-3-7-15(18)22/h3,6-7,13H,4-5,8-12H2,1-2H3,(H,23,27)(H,25,28). The maximum Gasteiger partial charge on any atom is 0.322 e. The van der Waals surface area contributed by atoms with Crippen molar-refractivity contribution in [2.24, 2.45) is 0 Å². The number of nitrogens with zero attached hydrogens (tertiary/aromatic N) is 2. The van der Waals surface area contributed by atoms with Gasteiger partial charge in [-0.2, -0.15) is 0 Å². The smallest absolute Gasteiger partial charge is 0.322 e. The molecule has 0 aliphatic heterocycles. The Balaban J connectivity index is 2.04. The topological polar surface area (TPSA) is 92.8 Å². The van der Waals surface area contributed by atoms with Gasteiger partial charge in [-0.3, -0.25) is 4.79 Å². The molecule has 0 saturated heterocycles. The van der Waals surface area contributed by atoms with Crippen LogP contribution < -0.4 is 10.6 Å². The zero-order valence-electron chi connectivity index (χ0n) is 17.5. The van der Waals surface area contributed by atoms with E-state index in [9.17, 15) is 9.59 Å². The summed E-state index contributed by atoms with van der Waals surface area (Å²) in [5.74, 6) is -0.253. The molecule has 0 radical (unpaired) electrons. The van der Waals surface area contributed by atoms with Crippen molar-refractivity contribution < 1.29 is 19.1 Å². The highest BCUT2D eigenvalue weighted by molar-refractivity contribution is 7.09. The van der Waals surface area contributed by atoms with Crippen molar-refractivity contribution in [3.63, 3.8) is 0 Å². The first-order chi connectivity index (χ1) is 15.0. The van der Waals surface area contributed by atoms with Crippen molar-refractivity contribution in [3.8, 4) is 0 Å². The molecular weight excluding hydrogens is 463 g/mol. The van der Waals surface area contributed by atoms with Crippen LogP contribution in [0.3, 0.4) is 0 Å². The Bertz CT molecular complexity index is 845. The minimum Gasteiger partial charge on any atom is -0.385 e. The van der Waals surface area contributed by atoms with Crippen LogP contribution in [0, 0.1) is 0 Å². The van der Waals surface area contributed by atoms with Gasteiger partial charge in [0.15, 0.2) is 0 Å². The minimum absolute atomic E-state index is 0.235. The maximum absolute atomic E-state index is 12.9. The van der Waals surface area contributed by atoms with E-state index in [1.54, 1.807) is 42.7 Å². The second-order valence-electron chi connectivity index (χ2n) is 6.52. The number of aromatic nitrogens is 1. The number of thiazole rings is 1. The molecule has 0 spiro atoms. The van der Waals surface area contributed by atoms with Crippen LogP contribution in [0.4, 0.5) is 10.5 Å². The summed E-state index contributed by atoms with van der Waals surface area (Å²) in [7, 11) is 3.22. The summed E-state index contributed by atoms with van der Waals surface area (Å²) in [6.07, 6.45) is 1.36. The average Bonchev–Trinajstić information content (AvgIpc) is 3.22. The lowest BCUT2D eigenvalue weighted by molar-refractivity contribution is 0.0944. The molecule has 0 bridgehead atoms. The number of nitrogens with one attached hydrogen (secondary N) is 2. The molecule has 2 rings (SSSR count). The predicted molar refractivity (Wildman–Crippen MR) is 123 cm³/mol. The Hall–Kier alpha value is -1.91. The molecule has 1 heterocycles. The largest absolute Gasteiger partial charge is 0.385 e. The molecule has 0 saturated carbocycles. The van der Waals surface area contributed by atoms with Crippen molar-refractivity contribution in [1.29, 1.82) is 0 Å². The van der Waals surface area contributed by atoms with Gasteiger partial charge in [0.05, 0.1) is 22.3 Å². The fourth-order valence-electron chi connectivity index (χ4n) is 2.62. The van der Waals surface area contributed by atoms with E-state index in [0.717, 1.165) is 6.42 Å². The van der Waals surface area contributed by atoms with Crippen LogP contribution in [0.2, 0.25) is 10.0 Å². The highest BCUT2D eigenvalue weighted by Gasteiger charge is 2.19. The van der Waals surface area contributed by atoms with Gasteiger partial charge in [0, 0.05) is 45.9 Å². The Labute approximate surface area is 195 Å². The van der Waals surface area contributed by atoms with Crippen LogP contribution in [0.1, 0.15) is 28.3 Å². The van der Waals surface area contributed by atoms with Crippen LogP contribution in [0.15, 0.2) is 23.6 Å². The summed E-state index contributed by atoms with van der Waals surface area (Å²) in [6.45, 7) is 2.25. The Morgan fingerprint density at radius 3 is 2.48 bits per heavy atom. The van der Waals surface area contributed by atoms with Crippen molar-refractivity contribution in [2.45, 2.75) is 19.4 Å². The second kappa shape index (κ2) is 13.5. The monoisotopic (exact) mass is 488 g/mol. The highest BCUT2D eigenvalue weighted by atomic mass is 35.5. The normalized spacial score (nSPS) is 10.7. The van der Waals surface area contributed by atoms with Crippen LogP contribution in [0.5, 0.6) is 0 Å². The fraction of sp³-hybridized carbons (Fsp3) is 0.450. The van der Waals surface area contributed by atoms with Crippen LogP contribution in [0.25, 0.3) is 0 Å². The molecule has 1 aromatic heterocycles. The fourth-order valence-corrected chi connectivity index (χ4v) is 3.90. The van der Waals surface area contributed by atoms with Gasteiger partial charge in [0.2, 0.25) is 0 Å². The van der Waals surface area contributed by atoms with Gasteiger partial charge in [-0.15, -0.1) is 11.3 Å². The summed E-state index contributed by atoms with van der Waals surface area (Å²) in [5, 5.41) is 8.57. The molecule has 1 aromatic carbocycles. The van der Waals surface area contributed by atoms with Gasteiger partial charge >= 0.3 is 6.03 Å². The van der Waals surface area contributed by atoms with E-state index >= 15 is 0 Å². The number of rotatable bonds is 12. The van der Waals surface area contributed by atoms with E-state index < -0.39 is 0 Å². The molecule has 2 N–H and O–H groups in total. The lowest BCUT2D eigenvalue weighted by Gasteiger charge is -2.22. The molecule has 170 valence electrons. The average molecular weight is 489 g/mol. The lowest BCUT2D eigenvalue weighted by Crippen LogP contribution is -2.36. The molecule has 0 atom stereocenters. The second-order valence-corrected chi connectivity index (χ2v) is 8.28. The van der Waals surface area contributed by atoms with E-state index in [1.165, 1.54) is 11.3 Å². The highest BCUT2D eigenvalue weighted by Crippen LogP contribution is 2.30. The number of methoxy groups -OCH3 is 2. The number of halogens is 2. The molecule has 0 fully saturated rings. The van der Waals surface area contributed by atoms with Gasteiger partial charge in [-0.1, -0.05) is 29.3 Å². The zero-order valence-corrected chi connectivity index (χ0v) is 19.8. The van der Waals surface area contributed by atoms with Crippen LogP contribution >= 0.6 is 34.5 Å². The number of benzene rings is 1. The number of ether oxygens (including phenoxy) is 2. The summed E-state index contributed by atoms with van der Waals surface area (Å²) in [4.78, 5) is 31.1. The zero-order chi connectivity index (χ0) is 22.6. The first-order valence-corrected chi connectivity index (χ1v) is 11.3. The van der Waals surface area contributed by atoms with Gasteiger partial charge in [-0.05, 0) is 25.0 Å². The first kappa shape index (κ1) is 25.4. The molecule has 0 aliphatic carbocycles. The van der Waals surface area contributed by atoms with E-state index in [2.05, 4.69) is 15.6 Å². The molecule has 31 heavy (non-hydrogen) atoms. The number of urea groups is 1. The van der Waals surface area contributed by atoms with E-state index in [0.29, 0.717) is 59.2 Å². The van der Waals surface area contributed by atoms with E-state index in [1.807, 2.05) is 0 Å². The van der Waals surface area contributed by atoms with Gasteiger partial charge in [0.25, 0.3) is 5.91 Å². The molecule has 3 amide bonds. The van der Waals surface area contributed by atoms with Crippen molar-refractivity contribution in [1.82, 2.24) is 15.2 Å². The number of hydrogen-bond donors (Lipinski definition) is 2. The maximum atomic E-state index is 12.9. The number of para-hydroxylation sites is 1. The number of carbonyl (C=O) groups excluding carboxylic acids is 2. The molecular formula is C20H26Cl2N4O4S. The van der Waals surface area contributed by atoms with Crippen molar-refractivity contribution >= 4 is 52.2 Å². The quantitative estimate of drug-likeness (QED) is 0.434. The first-order valence-electron chi connectivity index (χ1n) is 9.66. The summed E-state index contributed by atoms with van der Waals surface area (Å²) >= 11 is 13.6. The Morgan fingerprint density at radius 2 is 1.81 bits per heavy atom. The number of carbonyl (C=O) groups is 2. The third kappa shape index (κ3) is 8.27.